The third-order valence-corrected chi connectivity index (χ3v) is 4.75. The van der Waals surface area contributed by atoms with E-state index < -0.39 is 15.9 Å². The monoisotopic (exact) mass is 352 g/mol. The van der Waals surface area contributed by atoms with Gasteiger partial charge in [0.2, 0.25) is 10.0 Å². The predicted molar refractivity (Wildman–Crippen MR) is 90.5 cm³/mol. The molecule has 2 aromatic rings. The van der Waals surface area contributed by atoms with Crippen LogP contribution in [0, 0.1) is 0 Å². The molecule has 2 rings (SSSR count). The second-order valence-electron chi connectivity index (χ2n) is 4.59. The number of nitrogens with two attached hydrogens (primary N) is 1. The number of sulfonamides is 1. The van der Waals surface area contributed by atoms with Crippen molar-refractivity contribution < 1.29 is 17.9 Å². The molecule has 0 fully saturated rings. The van der Waals surface area contributed by atoms with Crippen LogP contribution < -0.4 is 15.2 Å². The minimum Gasteiger partial charge on any atom is -0.496 e. The number of anilines is 1. The summed E-state index contributed by atoms with van der Waals surface area (Å²) in [6.07, 6.45) is 1.96. The van der Waals surface area contributed by atoms with Crippen LogP contribution in [-0.4, -0.2) is 27.7 Å². The molecule has 0 atom stereocenters. The van der Waals surface area contributed by atoms with E-state index in [9.17, 15) is 13.2 Å². The number of rotatable bonds is 5. The molecule has 0 aliphatic carbocycles. The van der Waals surface area contributed by atoms with Crippen molar-refractivity contribution >= 4 is 33.4 Å². The number of benzene rings is 2. The first-order valence-electron chi connectivity index (χ1n) is 6.51. The zero-order valence-electron chi connectivity index (χ0n) is 12.6. The van der Waals surface area contributed by atoms with Gasteiger partial charge in [-0.05, 0) is 48.7 Å². The fraction of sp³-hybridized carbons (Fsp3) is 0.133. The van der Waals surface area contributed by atoms with Crippen LogP contribution >= 0.6 is 11.8 Å². The summed E-state index contributed by atoms with van der Waals surface area (Å²) in [5.74, 6) is -0.222. The molecule has 0 heterocycles. The zero-order chi connectivity index (χ0) is 17.0. The lowest BCUT2D eigenvalue weighted by atomic mass is 10.2. The highest BCUT2D eigenvalue weighted by Gasteiger charge is 2.17. The number of nitrogens with one attached hydrogen (secondary N) is 1. The molecule has 1 amide bonds. The Morgan fingerprint density at radius 2 is 1.83 bits per heavy atom. The maximum absolute atomic E-state index is 12.4. The number of carbonyl (C=O) groups excluding carboxylic acids is 1. The van der Waals surface area contributed by atoms with Crippen LogP contribution in [0.3, 0.4) is 0 Å². The summed E-state index contributed by atoms with van der Waals surface area (Å²) < 4.78 is 28.0. The highest BCUT2D eigenvalue weighted by molar-refractivity contribution is 7.98. The van der Waals surface area contributed by atoms with Gasteiger partial charge < -0.3 is 10.1 Å². The van der Waals surface area contributed by atoms with Gasteiger partial charge in [-0.1, -0.05) is 0 Å². The van der Waals surface area contributed by atoms with Crippen LogP contribution in [0.4, 0.5) is 5.69 Å². The topological polar surface area (TPSA) is 98.5 Å². The summed E-state index contributed by atoms with van der Waals surface area (Å²) in [4.78, 5) is 13.3. The average Bonchev–Trinajstić information content (AvgIpc) is 2.54. The van der Waals surface area contributed by atoms with E-state index in [0.717, 1.165) is 4.90 Å². The molecule has 0 spiro atoms. The molecule has 2 aromatic carbocycles. The van der Waals surface area contributed by atoms with Gasteiger partial charge >= 0.3 is 0 Å². The summed E-state index contributed by atoms with van der Waals surface area (Å²) in [5, 5.41) is 7.80. The van der Waals surface area contributed by atoms with Crippen molar-refractivity contribution in [3.8, 4) is 5.75 Å². The first-order valence-corrected chi connectivity index (χ1v) is 9.28. The van der Waals surface area contributed by atoms with Crippen molar-refractivity contribution in [1.82, 2.24) is 0 Å². The van der Waals surface area contributed by atoms with Gasteiger partial charge in [0.1, 0.15) is 5.75 Å². The SMILES string of the molecule is COc1ccc(S(N)(=O)=O)cc1C(=O)Nc1ccc(SC)cc1. The number of methoxy groups -OCH3 is 1. The number of hydrogen-bond donors (Lipinski definition) is 2. The molecule has 6 nitrogen and oxygen atoms in total. The van der Waals surface area contributed by atoms with Crippen molar-refractivity contribution in [2.75, 3.05) is 18.7 Å². The maximum Gasteiger partial charge on any atom is 0.259 e. The Morgan fingerprint density at radius 3 is 2.35 bits per heavy atom. The van der Waals surface area contributed by atoms with Gasteiger partial charge in [0.15, 0.2) is 0 Å². The molecule has 8 heteroatoms. The van der Waals surface area contributed by atoms with Gasteiger partial charge in [0.25, 0.3) is 5.91 Å². The molecule has 0 radical (unpaired) electrons. The Morgan fingerprint density at radius 1 is 1.17 bits per heavy atom. The fourth-order valence-electron chi connectivity index (χ4n) is 1.91. The lowest BCUT2D eigenvalue weighted by Crippen LogP contribution is -2.16. The molecular weight excluding hydrogens is 336 g/mol. The number of carbonyl (C=O) groups is 1. The van der Waals surface area contributed by atoms with E-state index in [4.69, 9.17) is 9.88 Å². The molecule has 0 saturated carbocycles. The Hall–Kier alpha value is -2.03. The molecule has 23 heavy (non-hydrogen) atoms. The second-order valence-corrected chi connectivity index (χ2v) is 7.03. The van der Waals surface area contributed by atoms with Gasteiger partial charge in [-0.3, -0.25) is 4.79 Å². The van der Waals surface area contributed by atoms with Crippen molar-refractivity contribution in [3.05, 3.63) is 48.0 Å². The molecule has 0 saturated heterocycles. The van der Waals surface area contributed by atoms with E-state index in [1.165, 1.54) is 25.3 Å². The fourth-order valence-corrected chi connectivity index (χ4v) is 2.86. The van der Waals surface area contributed by atoms with Crippen LogP contribution in [0.1, 0.15) is 10.4 Å². The van der Waals surface area contributed by atoms with Crippen LogP contribution in [0.2, 0.25) is 0 Å². The molecule has 0 aliphatic rings. The Bertz CT molecular complexity index is 818. The molecular formula is C15H16N2O4S2. The Balaban J connectivity index is 2.33. The number of hydrogen-bond acceptors (Lipinski definition) is 5. The normalized spacial score (nSPS) is 11.1. The van der Waals surface area contributed by atoms with Crippen LogP contribution in [-0.2, 0) is 10.0 Å². The lowest BCUT2D eigenvalue weighted by Gasteiger charge is -2.11. The summed E-state index contributed by atoms with van der Waals surface area (Å²) in [7, 11) is -2.51. The van der Waals surface area contributed by atoms with E-state index in [0.29, 0.717) is 5.69 Å². The van der Waals surface area contributed by atoms with Gasteiger partial charge in [-0.2, -0.15) is 0 Å². The van der Waals surface area contributed by atoms with E-state index in [2.05, 4.69) is 5.32 Å². The zero-order valence-corrected chi connectivity index (χ0v) is 14.2. The first kappa shape index (κ1) is 17.3. The number of thioether (sulfide) groups is 1. The third kappa shape index (κ3) is 4.25. The minimum atomic E-state index is -3.90. The summed E-state index contributed by atoms with van der Waals surface area (Å²) in [5.41, 5.74) is 0.684. The summed E-state index contributed by atoms with van der Waals surface area (Å²) >= 11 is 1.59. The van der Waals surface area contributed by atoms with Crippen LogP contribution in [0.5, 0.6) is 5.75 Å². The van der Waals surface area contributed by atoms with Crippen LogP contribution in [0.15, 0.2) is 52.3 Å². The lowest BCUT2D eigenvalue weighted by molar-refractivity contribution is 0.102. The second kappa shape index (κ2) is 7.03. The third-order valence-electron chi connectivity index (χ3n) is 3.09. The van der Waals surface area contributed by atoms with Gasteiger partial charge in [-0.25, -0.2) is 13.6 Å². The van der Waals surface area contributed by atoms with Crippen molar-refractivity contribution in [2.24, 2.45) is 5.14 Å². The number of amides is 1. The Labute approximate surface area is 139 Å². The molecule has 3 N–H and O–H groups in total. The van der Waals surface area contributed by atoms with E-state index in [1.54, 1.807) is 23.9 Å². The van der Waals surface area contributed by atoms with Crippen molar-refractivity contribution in [2.45, 2.75) is 9.79 Å². The molecule has 0 unspecified atom stereocenters. The molecule has 0 aliphatic heterocycles. The van der Waals surface area contributed by atoms with Crippen molar-refractivity contribution in [1.29, 1.82) is 0 Å². The van der Waals surface area contributed by atoms with Crippen LogP contribution in [0.25, 0.3) is 0 Å². The number of primary sulfonamides is 1. The molecule has 0 aromatic heterocycles. The summed E-state index contributed by atoms with van der Waals surface area (Å²) in [6.45, 7) is 0. The number of ether oxygens (including phenoxy) is 1. The molecule has 122 valence electrons. The van der Waals surface area contributed by atoms with Crippen molar-refractivity contribution in [3.63, 3.8) is 0 Å². The highest BCUT2D eigenvalue weighted by Crippen LogP contribution is 2.24. The Kier molecular flexibility index (Phi) is 5.30. The maximum atomic E-state index is 12.4. The molecule has 0 bridgehead atoms. The predicted octanol–water partition coefficient (Wildman–Crippen LogP) is 2.32. The summed E-state index contributed by atoms with van der Waals surface area (Å²) in [6, 6.07) is 11.2. The quantitative estimate of drug-likeness (QED) is 0.805. The highest BCUT2D eigenvalue weighted by atomic mass is 32.2. The smallest absolute Gasteiger partial charge is 0.259 e. The largest absolute Gasteiger partial charge is 0.496 e. The van der Waals surface area contributed by atoms with Gasteiger partial charge in [0, 0.05) is 10.6 Å². The minimum absolute atomic E-state index is 0.0907. The van der Waals surface area contributed by atoms with E-state index in [1.807, 2.05) is 18.4 Å². The average molecular weight is 352 g/mol. The first-order chi connectivity index (χ1) is 10.8. The van der Waals surface area contributed by atoms with Gasteiger partial charge in [-0.15, -0.1) is 11.8 Å². The van der Waals surface area contributed by atoms with E-state index in [-0.39, 0.29) is 16.2 Å². The standard InChI is InChI=1S/C15H16N2O4S2/c1-21-14-8-7-12(23(16,19)20)9-13(14)15(18)17-10-3-5-11(22-2)6-4-10/h3-9H,1-2H3,(H,17,18)(H2,16,19,20). The van der Waals surface area contributed by atoms with E-state index >= 15 is 0 Å². The van der Waals surface area contributed by atoms with Gasteiger partial charge in [0.05, 0.1) is 17.6 Å².